The van der Waals surface area contributed by atoms with Crippen LogP contribution in [-0.4, -0.2) is 29.6 Å². The van der Waals surface area contributed by atoms with Crippen LogP contribution in [0.5, 0.6) is 0 Å². The summed E-state index contributed by atoms with van der Waals surface area (Å²) in [7, 11) is 0. The number of hydrogen-bond donors (Lipinski definition) is 0. The first-order chi connectivity index (χ1) is 6.09. The van der Waals surface area contributed by atoms with E-state index in [4.69, 9.17) is 0 Å². The first-order valence-electron chi connectivity index (χ1n) is 4.86. The van der Waals surface area contributed by atoms with Gasteiger partial charge in [0.05, 0.1) is 0 Å². The molecule has 0 saturated heterocycles. The van der Waals surface area contributed by atoms with Crippen LogP contribution in [0.25, 0.3) is 6.08 Å². The van der Waals surface area contributed by atoms with Gasteiger partial charge in [0.1, 0.15) is 0 Å². The first-order valence-corrected chi connectivity index (χ1v) is 4.86. The molecule has 0 N–H and O–H groups in total. The number of rotatable bonds is 0. The van der Waals surface area contributed by atoms with E-state index >= 15 is 0 Å². The van der Waals surface area contributed by atoms with Crippen molar-refractivity contribution in [3.8, 4) is 0 Å². The van der Waals surface area contributed by atoms with Gasteiger partial charge >= 0.3 is 29.6 Å². The number of fused-ring (bicyclic) bond motifs is 1. The molecule has 14 heavy (non-hydrogen) atoms. The van der Waals surface area contributed by atoms with E-state index < -0.39 is 0 Å². The summed E-state index contributed by atoms with van der Waals surface area (Å²) in [4.78, 5) is 0. The Labute approximate surface area is 109 Å². The van der Waals surface area contributed by atoms with Crippen molar-refractivity contribution in [2.45, 2.75) is 26.7 Å². The maximum absolute atomic E-state index is 2.32. The molecule has 1 heteroatoms. The van der Waals surface area contributed by atoms with Crippen LogP contribution in [0.2, 0.25) is 0 Å². The third kappa shape index (κ3) is 2.13. The summed E-state index contributed by atoms with van der Waals surface area (Å²) in [5, 5.41) is 0. The molecule has 1 aliphatic carbocycles. The summed E-state index contributed by atoms with van der Waals surface area (Å²) in [5.74, 6) is 0.587. The second-order valence-corrected chi connectivity index (χ2v) is 4.83. The van der Waals surface area contributed by atoms with E-state index in [1.54, 1.807) is 0 Å². The topological polar surface area (TPSA) is 0 Å². The van der Waals surface area contributed by atoms with Gasteiger partial charge in [-0.1, -0.05) is 57.2 Å². The van der Waals surface area contributed by atoms with Crippen LogP contribution in [0.4, 0.5) is 0 Å². The maximum atomic E-state index is 2.32. The van der Waals surface area contributed by atoms with Gasteiger partial charge in [-0.15, -0.1) is 0 Å². The average Bonchev–Trinajstić information content (AvgIpc) is 2.45. The molecule has 0 amide bonds. The zero-order chi connectivity index (χ0) is 9.47. The molecule has 1 unspecified atom stereocenters. The van der Waals surface area contributed by atoms with E-state index in [1.165, 1.54) is 11.1 Å². The Bertz CT molecular complexity index is 344. The quantitative estimate of drug-likeness (QED) is 0.559. The van der Waals surface area contributed by atoms with Gasteiger partial charge < -0.3 is 0 Å². The molecule has 70 valence electrons. The standard InChI is InChI=1S/C13H16.Na.H/c1-13(2,3)12-9-8-10-6-4-5-7-11(10)12;;/h4-9,12H,1-3H3;;. The van der Waals surface area contributed by atoms with Crippen LogP contribution in [0.1, 0.15) is 37.8 Å². The van der Waals surface area contributed by atoms with Crippen molar-refractivity contribution in [1.82, 2.24) is 0 Å². The van der Waals surface area contributed by atoms with Crippen LogP contribution >= 0.6 is 0 Å². The summed E-state index contributed by atoms with van der Waals surface area (Å²) in [6.45, 7) is 6.89. The van der Waals surface area contributed by atoms with Crippen molar-refractivity contribution < 1.29 is 0 Å². The van der Waals surface area contributed by atoms with Crippen LogP contribution in [-0.2, 0) is 0 Å². The average molecular weight is 196 g/mol. The summed E-state index contributed by atoms with van der Waals surface area (Å²) < 4.78 is 0. The molecule has 0 nitrogen and oxygen atoms in total. The third-order valence-corrected chi connectivity index (χ3v) is 2.73. The van der Waals surface area contributed by atoms with Gasteiger partial charge in [-0.2, -0.15) is 0 Å². The van der Waals surface area contributed by atoms with Crippen molar-refractivity contribution in [3.05, 3.63) is 41.5 Å². The van der Waals surface area contributed by atoms with Crippen LogP contribution in [0.3, 0.4) is 0 Å². The second kappa shape index (κ2) is 4.22. The fourth-order valence-corrected chi connectivity index (χ4v) is 2.00. The van der Waals surface area contributed by atoms with Gasteiger partial charge in [0, 0.05) is 5.92 Å². The van der Waals surface area contributed by atoms with Gasteiger partial charge in [0.25, 0.3) is 0 Å². The van der Waals surface area contributed by atoms with E-state index in [-0.39, 0.29) is 29.6 Å². The van der Waals surface area contributed by atoms with Gasteiger partial charge in [-0.25, -0.2) is 0 Å². The van der Waals surface area contributed by atoms with Gasteiger partial charge in [-0.05, 0) is 16.5 Å². The molecule has 0 fully saturated rings. The number of benzene rings is 1. The minimum atomic E-state index is 0. The Morgan fingerprint density at radius 3 is 2.36 bits per heavy atom. The van der Waals surface area contributed by atoms with Crippen molar-refractivity contribution in [3.63, 3.8) is 0 Å². The molecule has 0 radical (unpaired) electrons. The zero-order valence-electron chi connectivity index (χ0n) is 8.54. The van der Waals surface area contributed by atoms with Crippen LogP contribution < -0.4 is 0 Å². The van der Waals surface area contributed by atoms with Gasteiger partial charge in [-0.3, -0.25) is 0 Å². The van der Waals surface area contributed by atoms with Crippen LogP contribution in [0.15, 0.2) is 30.3 Å². The Balaban J connectivity index is 0.000000980. The van der Waals surface area contributed by atoms with E-state index in [2.05, 4.69) is 57.2 Å². The van der Waals surface area contributed by atoms with Crippen molar-refractivity contribution in [2.75, 3.05) is 0 Å². The monoisotopic (exact) mass is 196 g/mol. The summed E-state index contributed by atoms with van der Waals surface area (Å²) in [6.07, 6.45) is 4.57. The molecule has 1 aromatic carbocycles. The molecule has 2 rings (SSSR count). The van der Waals surface area contributed by atoms with Crippen LogP contribution in [0, 0.1) is 5.41 Å². The fourth-order valence-electron chi connectivity index (χ4n) is 2.00. The summed E-state index contributed by atoms with van der Waals surface area (Å²) >= 11 is 0. The van der Waals surface area contributed by atoms with Crippen molar-refractivity contribution in [1.29, 1.82) is 0 Å². The van der Waals surface area contributed by atoms with Gasteiger partial charge in [0.2, 0.25) is 0 Å². The first kappa shape index (κ1) is 12.0. The van der Waals surface area contributed by atoms with Crippen molar-refractivity contribution in [2.24, 2.45) is 5.41 Å². The predicted octanol–water partition coefficient (Wildman–Crippen LogP) is 3.19. The molecule has 0 bridgehead atoms. The van der Waals surface area contributed by atoms with E-state index in [1.807, 2.05) is 0 Å². The Morgan fingerprint density at radius 1 is 1.07 bits per heavy atom. The second-order valence-electron chi connectivity index (χ2n) is 4.83. The summed E-state index contributed by atoms with van der Waals surface area (Å²) in [6, 6.07) is 8.67. The van der Waals surface area contributed by atoms with E-state index in [9.17, 15) is 0 Å². The Hall–Kier alpha value is -0.0400. The predicted molar refractivity (Wildman–Crippen MR) is 64.8 cm³/mol. The molecule has 0 aliphatic heterocycles. The minimum absolute atomic E-state index is 0. The Kier molecular flexibility index (Phi) is 3.63. The molecule has 0 heterocycles. The summed E-state index contributed by atoms with van der Waals surface area (Å²) in [5.41, 5.74) is 3.21. The van der Waals surface area contributed by atoms with Crippen molar-refractivity contribution >= 4 is 35.6 Å². The molecular weight excluding hydrogens is 179 g/mol. The number of allylic oxidation sites excluding steroid dienone is 1. The Morgan fingerprint density at radius 2 is 1.71 bits per heavy atom. The molecule has 0 spiro atoms. The molecule has 1 atom stereocenters. The molecule has 0 saturated carbocycles. The number of hydrogen-bond acceptors (Lipinski definition) is 0. The molecule has 0 aromatic heterocycles. The fraction of sp³-hybridized carbons (Fsp3) is 0.385. The third-order valence-electron chi connectivity index (χ3n) is 2.73. The molecule has 1 aromatic rings. The molecule has 1 aliphatic rings. The zero-order valence-corrected chi connectivity index (χ0v) is 8.54. The van der Waals surface area contributed by atoms with Gasteiger partial charge in [0.15, 0.2) is 0 Å². The molecular formula is C13H17Na. The SMILES string of the molecule is CC(C)(C)C1C=Cc2ccccc21.[NaH]. The van der Waals surface area contributed by atoms with E-state index in [0.29, 0.717) is 11.3 Å². The van der Waals surface area contributed by atoms with E-state index in [0.717, 1.165) is 0 Å². The normalized spacial score (nSPS) is 18.9.